The topological polar surface area (TPSA) is 77.1 Å². The smallest absolute Gasteiger partial charge is 0.407 e. The lowest BCUT2D eigenvalue weighted by atomic mass is 9.79. The van der Waals surface area contributed by atoms with Crippen LogP contribution in [-0.2, 0) is 14.3 Å². The third-order valence-electron chi connectivity index (χ3n) is 6.09. The summed E-state index contributed by atoms with van der Waals surface area (Å²) >= 11 is 0. The summed E-state index contributed by atoms with van der Waals surface area (Å²) in [5, 5.41) is 5.04. The maximum absolute atomic E-state index is 12.6. The van der Waals surface area contributed by atoms with Crippen LogP contribution in [0.2, 0.25) is 0 Å². The molecule has 1 heterocycles. The number of amides is 1. The zero-order valence-corrected chi connectivity index (χ0v) is 22.5. The molecule has 0 aliphatic carbocycles. The molecule has 1 unspecified atom stereocenters. The fraction of sp³-hybridized carbons (Fsp3) is 0.517. The van der Waals surface area contributed by atoms with Gasteiger partial charge in [0, 0.05) is 17.1 Å². The molecule has 196 valence electrons. The number of ether oxygens (including phenoxy) is 2. The van der Waals surface area contributed by atoms with E-state index in [1.165, 1.54) is 0 Å². The zero-order chi connectivity index (χ0) is 26.6. The van der Waals surface area contributed by atoms with E-state index in [1.807, 2.05) is 74.4 Å². The van der Waals surface area contributed by atoms with Crippen molar-refractivity contribution in [2.45, 2.75) is 90.1 Å². The summed E-state index contributed by atoms with van der Waals surface area (Å²) < 4.78 is 11.2. The number of esters is 1. The first-order chi connectivity index (χ1) is 16.8. The molecule has 0 spiro atoms. The average molecular weight is 497 g/mol. The van der Waals surface area contributed by atoms with Gasteiger partial charge in [0.05, 0.1) is 5.56 Å². The van der Waals surface area contributed by atoms with Crippen LogP contribution in [0.1, 0.15) is 83.3 Å². The molecule has 0 radical (unpaired) electrons. The minimum absolute atomic E-state index is 0.0694. The molecule has 0 bridgehead atoms. The summed E-state index contributed by atoms with van der Waals surface area (Å²) in [6, 6.07) is 18.6. The zero-order valence-electron chi connectivity index (χ0n) is 22.5. The van der Waals surface area contributed by atoms with Crippen LogP contribution < -0.4 is 5.32 Å². The lowest BCUT2D eigenvalue weighted by Crippen LogP contribution is -2.64. The van der Waals surface area contributed by atoms with Crippen LogP contribution in [0.5, 0.6) is 0 Å². The van der Waals surface area contributed by atoms with Crippen molar-refractivity contribution < 1.29 is 23.9 Å². The Bertz CT molecular complexity index is 997. The van der Waals surface area contributed by atoms with E-state index in [0.717, 1.165) is 5.56 Å². The predicted molar refractivity (Wildman–Crippen MR) is 139 cm³/mol. The van der Waals surface area contributed by atoms with E-state index in [4.69, 9.17) is 14.3 Å². The minimum atomic E-state index is -0.557. The molecule has 1 amide bonds. The fourth-order valence-corrected chi connectivity index (χ4v) is 4.92. The van der Waals surface area contributed by atoms with Crippen molar-refractivity contribution in [2.75, 3.05) is 6.61 Å². The summed E-state index contributed by atoms with van der Waals surface area (Å²) in [5.74, 6) is -0.390. The van der Waals surface area contributed by atoms with Crippen LogP contribution in [-0.4, -0.2) is 46.5 Å². The number of carbonyl (C=O) groups excluding carboxylic acids is 2. The van der Waals surface area contributed by atoms with Gasteiger partial charge in [-0.1, -0.05) is 48.5 Å². The molecular weight excluding hydrogens is 456 g/mol. The van der Waals surface area contributed by atoms with Crippen molar-refractivity contribution in [3.8, 4) is 0 Å². The molecule has 7 heteroatoms. The highest BCUT2D eigenvalue weighted by molar-refractivity contribution is 5.89. The Hall–Kier alpha value is -2.90. The van der Waals surface area contributed by atoms with Gasteiger partial charge >= 0.3 is 12.1 Å². The first-order valence-electron chi connectivity index (χ1n) is 12.5. The van der Waals surface area contributed by atoms with Crippen molar-refractivity contribution in [1.29, 1.82) is 0 Å². The van der Waals surface area contributed by atoms with Gasteiger partial charge in [-0.15, -0.1) is 0 Å². The Morgan fingerprint density at radius 2 is 1.47 bits per heavy atom. The van der Waals surface area contributed by atoms with Gasteiger partial charge < -0.3 is 14.8 Å². The molecular formula is C29H40N2O5. The highest BCUT2D eigenvalue weighted by Gasteiger charge is 2.48. The van der Waals surface area contributed by atoms with Crippen LogP contribution >= 0.6 is 0 Å². The number of hydrogen-bond acceptors (Lipinski definition) is 6. The van der Waals surface area contributed by atoms with E-state index in [-0.39, 0.29) is 18.6 Å². The van der Waals surface area contributed by atoms with Gasteiger partial charge in [-0.25, -0.2) is 9.59 Å². The molecule has 0 saturated carbocycles. The SMILES string of the molecule is CC(C)(C)OC(=O)NC1CC(C)(C)N(OC(COC(=O)c2ccccc2)c2ccccc2)C(C)(C)C1. The van der Waals surface area contributed by atoms with E-state index < -0.39 is 28.9 Å². The van der Waals surface area contributed by atoms with Gasteiger partial charge in [0.1, 0.15) is 18.3 Å². The second-order valence-electron chi connectivity index (χ2n) is 11.6. The number of nitrogens with one attached hydrogen (secondary N) is 1. The molecule has 7 nitrogen and oxygen atoms in total. The van der Waals surface area contributed by atoms with Crippen LogP contribution in [0.3, 0.4) is 0 Å². The first kappa shape index (κ1) is 27.7. The molecule has 2 aromatic carbocycles. The summed E-state index contributed by atoms with van der Waals surface area (Å²) in [4.78, 5) is 31.7. The molecule has 1 aliphatic rings. The number of benzene rings is 2. The van der Waals surface area contributed by atoms with Gasteiger partial charge in [-0.05, 0) is 79.0 Å². The van der Waals surface area contributed by atoms with Crippen molar-refractivity contribution in [3.63, 3.8) is 0 Å². The molecule has 3 rings (SSSR count). The van der Waals surface area contributed by atoms with E-state index in [2.05, 4.69) is 33.0 Å². The van der Waals surface area contributed by atoms with Crippen LogP contribution in [0, 0.1) is 0 Å². The molecule has 1 N–H and O–H groups in total. The van der Waals surface area contributed by atoms with Crippen LogP contribution in [0.15, 0.2) is 60.7 Å². The predicted octanol–water partition coefficient (Wildman–Crippen LogP) is 6.06. The molecule has 36 heavy (non-hydrogen) atoms. The summed E-state index contributed by atoms with van der Waals surface area (Å²) in [6.45, 7) is 14.0. The fourth-order valence-electron chi connectivity index (χ4n) is 4.92. The minimum Gasteiger partial charge on any atom is -0.459 e. The number of hydrogen-bond donors (Lipinski definition) is 1. The van der Waals surface area contributed by atoms with Crippen LogP contribution in [0.25, 0.3) is 0 Å². The normalized spacial score (nSPS) is 18.8. The Kier molecular flexibility index (Phi) is 8.47. The third-order valence-corrected chi connectivity index (χ3v) is 6.09. The Labute approximate surface area is 215 Å². The maximum atomic E-state index is 12.6. The Morgan fingerprint density at radius 1 is 0.944 bits per heavy atom. The average Bonchev–Trinajstić information content (AvgIpc) is 2.77. The number of piperidine rings is 1. The van der Waals surface area contributed by atoms with Gasteiger partial charge in [0.2, 0.25) is 0 Å². The van der Waals surface area contributed by atoms with Crippen molar-refractivity contribution in [1.82, 2.24) is 10.4 Å². The van der Waals surface area contributed by atoms with Gasteiger partial charge in [0.15, 0.2) is 0 Å². The van der Waals surface area contributed by atoms with E-state index in [9.17, 15) is 9.59 Å². The quantitative estimate of drug-likeness (QED) is 0.469. The monoisotopic (exact) mass is 496 g/mol. The molecule has 0 aromatic heterocycles. The first-order valence-corrected chi connectivity index (χ1v) is 12.5. The maximum Gasteiger partial charge on any atom is 0.407 e. The number of rotatable bonds is 7. The molecule has 1 fully saturated rings. The van der Waals surface area contributed by atoms with Gasteiger partial charge in [-0.2, -0.15) is 5.06 Å². The largest absolute Gasteiger partial charge is 0.459 e. The number of alkyl carbamates (subject to hydrolysis) is 1. The summed E-state index contributed by atoms with van der Waals surface area (Å²) in [6.07, 6.45) is 0.429. The van der Waals surface area contributed by atoms with Gasteiger partial charge in [0.25, 0.3) is 0 Å². The van der Waals surface area contributed by atoms with Gasteiger partial charge in [-0.3, -0.25) is 4.84 Å². The van der Waals surface area contributed by atoms with Crippen molar-refractivity contribution in [3.05, 3.63) is 71.8 Å². The standard InChI is InChI=1S/C29H40N2O5/c1-27(2,3)35-26(33)30-23-18-28(4,5)31(29(6,7)19-23)36-24(21-14-10-8-11-15-21)20-34-25(32)22-16-12-9-13-17-22/h8-17,23-24H,18-20H2,1-7H3,(H,30,33). The number of nitrogens with zero attached hydrogens (tertiary/aromatic N) is 1. The summed E-state index contributed by atoms with van der Waals surface area (Å²) in [5.41, 5.74) is 0.0208. The van der Waals surface area contributed by atoms with E-state index in [0.29, 0.717) is 18.4 Å². The number of carbonyl (C=O) groups is 2. The second kappa shape index (κ2) is 11.0. The molecule has 2 aromatic rings. The van der Waals surface area contributed by atoms with E-state index in [1.54, 1.807) is 12.1 Å². The highest BCUT2D eigenvalue weighted by Crippen LogP contribution is 2.41. The molecule has 1 aliphatic heterocycles. The van der Waals surface area contributed by atoms with Crippen molar-refractivity contribution in [2.24, 2.45) is 0 Å². The lowest BCUT2D eigenvalue weighted by Gasteiger charge is -2.54. The summed E-state index contributed by atoms with van der Waals surface area (Å²) in [7, 11) is 0. The molecule has 1 saturated heterocycles. The lowest BCUT2D eigenvalue weighted by molar-refractivity contribution is -0.313. The highest BCUT2D eigenvalue weighted by atomic mass is 16.7. The number of hydroxylamine groups is 2. The Morgan fingerprint density at radius 3 is 2.00 bits per heavy atom. The third kappa shape index (κ3) is 7.55. The van der Waals surface area contributed by atoms with Crippen LogP contribution in [0.4, 0.5) is 4.79 Å². The van der Waals surface area contributed by atoms with E-state index >= 15 is 0 Å². The molecule has 1 atom stereocenters. The van der Waals surface area contributed by atoms with Crippen molar-refractivity contribution >= 4 is 12.1 Å². The Balaban J connectivity index is 1.75. The second-order valence-corrected chi connectivity index (χ2v) is 11.6.